The summed E-state index contributed by atoms with van der Waals surface area (Å²) in [5.41, 5.74) is 1.42. The molecule has 0 aliphatic heterocycles. The maximum atomic E-state index is 13.3. The molecule has 2 aromatic rings. The molecule has 0 fully saturated rings. The Kier molecular flexibility index (Phi) is 3.19. The minimum absolute atomic E-state index is 0.238. The molecule has 0 atom stereocenters. The Hall–Kier alpha value is -1.84. The van der Waals surface area contributed by atoms with E-state index in [0.29, 0.717) is 12.2 Å². The van der Waals surface area contributed by atoms with Crippen LogP contribution in [0, 0.1) is 5.82 Å². The molecule has 4 heteroatoms. The van der Waals surface area contributed by atoms with Crippen LogP contribution in [0.2, 0.25) is 0 Å². The summed E-state index contributed by atoms with van der Waals surface area (Å²) in [6.45, 7) is 3.41. The molecule has 2 rings (SSSR count). The first kappa shape index (κ1) is 10.7. The van der Waals surface area contributed by atoms with Gasteiger partial charge in [0.05, 0.1) is 17.9 Å². The van der Waals surface area contributed by atoms with Gasteiger partial charge in [0.15, 0.2) is 0 Å². The number of aromatic nitrogens is 2. The number of aryl methyl sites for hydroxylation is 1. The molecule has 16 heavy (non-hydrogen) atoms. The Morgan fingerprint density at radius 2 is 2.12 bits per heavy atom. The van der Waals surface area contributed by atoms with Crippen molar-refractivity contribution in [1.29, 1.82) is 0 Å². The van der Waals surface area contributed by atoms with Crippen molar-refractivity contribution in [1.82, 2.24) is 9.78 Å². The van der Waals surface area contributed by atoms with Crippen molar-refractivity contribution in [3.63, 3.8) is 0 Å². The van der Waals surface area contributed by atoms with Crippen molar-refractivity contribution in [2.45, 2.75) is 20.0 Å². The van der Waals surface area contributed by atoms with E-state index in [1.807, 2.05) is 23.9 Å². The minimum Gasteiger partial charge on any atom is -0.377 e. The monoisotopic (exact) mass is 219 g/mol. The number of benzene rings is 1. The molecule has 0 amide bonds. The summed E-state index contributed by atoms with van der Waals surface area (Å²) in [5, 5.41) is 7.32. The van der Waals surface area contributed by atoms with Crippen molar-refractivity contribution in [2.24, 2.45) is 0 Å². The second-order valence-electron chi connectivity index (χ2n) is 3.50. The molecular formula is C12H14FN3. The molecule has 0 spiro atoms. The van der Waals surface area contributed by atoms with Gasteiger partial charge in [-0.1, -0.05) is 12.1 Å². The third-order valence-electron chi connectivity index (χ3n) is 2.35. The highest BCUT2D eigenvalue weighted by Gasteiger charge is 2.01. The topological polar surface area (TPSA) is 29.9 Å². The summed E-state index contributed by atoms with van der Waals surface area (Å²) in [4.78, 5) is 0. The van der Waals surface area contributed by atoms with Crippen LogP contribution >= 0.6 is 0 Å². The highest BCUT2D eigenvalue weighted by Crippen LogP contribution is 2.13. The molecule has 1 aromatic carbocycles. The van der Waals surface area contributed by atoms with Crippen LogP contribution in [0.5, 0.6) is 0 Å². The maximum Gasteiger partial charge on any atom is 0.146 e. The lowest BCUT2D eigenvalue weighted by molar-refractivity contribution is 0.628. The molecule has 1 N–H and O–H groups in total. The zero-order valence-electron chi connectivity index (χ0n) is 9.15. The fourth-order valence-corrected chi connectivity index (χ4v) is 1.46. The first-order valence-corrected chi connectivity index (χ1v) is 5.30. The Balaban J connectivity index is 1.99. The number of anilines is 1. The smallest absolute Gasteiger partial charge is 0.146 e. The van der Waals surface area contributed by atoms with Crippen molar-refractivity contribution in [2.75, 3.05) is 5.32 Å². The second kappa shape index (κ2) is 4.79. The molecule has 0 aliphatic carbocycles. The predicted molar refractivity (Wildman–Crippen MR) is 61.6 cm³/mol. The van der Waals surface area contributed by atoms with E-state index in [-0.39, 0.29) is 5.82 Å². The number of nitrogens with one attached hydrogen (secondary N) is 1. The van der Waals surface area contributed by atoms with Gasteiger partial charge in [0, 0.05) is 12.7 Å². The molecular weight excluding hydrogens is 205 g/mol. The maximum absolute atomic E-state index is 13.3. The minimum atomic E-state index is -0.238. The number of rotatable bonds is 4. The van der Waals surface area contributed by atoms with Crippen LogP contribution in [-0.2, 0) is 13.1 Å². The molecule has 0 radical (unpaired) electrons. The summed E-state index contributed by atoms with van der Waals surface area (Å²) in [6, 6.07) is 8.55. The lowest BCUT2D eigenvalue weighted by atomic mass is 10.3. The normalized spacial score (nSPS) is 10.4. The van der Waals surface area contributed by atoms with E-state index in [1.165, 1.54) is 6.07 Å². The van der Waals surface area contributed by atoms with Crippen LogP contribution in [0.3, 0.4) is 0 Å². The highest BCUT2D eigenvalue weighted by molar-refractivity contribution is 5.44. The summed E-state index contributed by atoms with van der Waals surface area (Å²) >= 11 is 0. The molecule has 3 nitrogen and oxygen atoms in total. The van der Waals surface area contributed by atoms with Crippen molar-refractivity contribution in [3.8, 4) is 0 Å². The number of nitrogens with zero attached hydrogens (tertiary/aromatic N) is 2. The van der Waals surface area contributed by atoms with Gasteiger partial charge in [-0.15, -0.1) is 0 Å². The molecule has 0 aliphatic rings. The van der Waals surface area contributed by atoms with E-state index < -0.39 is 0 Å². The van der Waals surface area contributed by atoms with E-state index in [1.54, 1.807) is 18.2 Å². The second-order valence-corrected chi connectivity index (χ2v) is 3.50. The van der Waals surface area contributed by atoms with Crippen LogP contribution in [0.25, 0.3) is 0 Å². The van der Waals surface area contributed by atoms with Crippen molar-refractivity contribution >= 4 is 5.69 Å². The Bertz CT molecular complexity index is 465. The Labute approximate surface area is 93.9 Å². The molecule has 0 bridgehead atoms. The van der Waals surface area contributed by atoms with E-state index in [9.17, 15) is 4.39 Å². The van der Waals surface area contributed by atoms with Crippen LogP contribution in [-0.4, -0.2) is 9.78 Å². The van der Waals surface area contributed by atoms with Crippen molar-refractivity contribution in [3.05, 3.63) is 48.0 Å². The molecule has 84 valence electrons. The largest absolute Gasteiger partial charge is 0.377 e. The fraction of sp³-hybridized carbons (Fsp3) is 0.250. The van der Waals surface area contributed by atoms with Crippen LogP contribution in [0.4, 0.5) is 10.1 Å². The molecule has 0 saturated heterocycles. The van der Waals surface area contributed by atoms with E-state index >= 15 is 0 Å². The number of halogens is 1. The van der Waals surface area contributed by atoms with Crippen LogP contribution < -0.4 is 5.32 Å². The summed E-state index contributed by atoms with van der Waals surface area (Å²) in [5.74, 6) is -0.238. The summed E-state index contributed by atoms with van der Waals surface area (Å²) in [7, 11) is 0. The van der Waals surface area contributed by atoms with Gasteiger partial charge in [-0.3, -0.25) is 4.68 Å². The molecule has 0 unspecified atom stereocenters. The lowest BCUT2D eigenvalue weighted by Crippen LogP contribution is -2.03. The van der Waals surface area contributed by atoms with Gasteiger partial charge in [0.25, 0.3) is 0 Å². The van der Waals surface area contributed by atoms with E-state index in [2.05, 4.69) is 10.4 Å². The lowest BCUT2D eigenvalue weighted by Gasteiger charge is -2.04. The van der Waals surface area contributed by atoms with Gasteiger partial charge in [-0.05, 0) is 25.1 Å². The van der Waals surface area contributed by atoms with Gasteiger partial charge < -0.3 is 5.32 Å². The average Bonchev–Trinajstić information content (AvgIpc) is 2.76. The van der Waals surface area contributed by atoms with Crippen LogP contribution in [0.1, 0.15) is 12.6 Å². The molecule has 1 aromatic heterocycles. The van der Waals surface area contributed by atoms with Gasteiger partial charge >= 0.3 is 0 Å². The van der Waals surface area contributed by atoms with Crippen molar-refractivity contribution < 1.29 is 4.39 Å². The zero-order chi connectivity index (χ0) is 11.4. The van der Waals surface area contributed by atoms with Gasteiger partial charge in [0.1, 0.15) is 5.82 Å². The first-order valence-electron chi connectivity index (χ1n) is 5.30. The third kappa shape index (κ3) is 2.39. The summed E-state index contributed by atoms with van der Waals surface area (Å²) < 4.78 is 15.1. The van der Waals surface area contributed by atoms with Gasteiger partial charge in [-0.25, -0.2) is 4.39 Å². The molecule has 1 heterocycles. The van der Waals surface area contributed by atoms with Gasteiger partial charge in [0.2, 0.25) is 0 Å². The average molecular weight is 219 g/mol. The van der Waals surface area contributed by atoms with Crippen LogP contribution in [0.15, 0.2) is 36.5 Å². The zero-order valence-corrected chi connectivity index (χ0v) is 9.15. The highest BCUT2D eigenvalue weighted by atomic mass is 19.1. The fourth-order valence-electron chi connectivity index (χ4n) is 1.46. The van der Waals surface area contributed by atoms with E-state index in [4.69, 9.17) is 0 Å². The first-order chi connectivity index (χ1) is 7.79. The van der Waals surface area contributed by atoms with Gasteiger partial charge in [-0.2, -0.15) is 5.10 Å². The molecule has 0 saturated carbocycles. The Morgan fingerprint density at radius 1 is 1.31 bits per heavy atom. The number of para-hydroxylation sites is 1. The number of hydrogen-bond donors (Lipinski definition) is 1. The quantitative estimate of drug-likeness (QED) is 0.856. The third-order valence-corrected chi connectivity index (χ3v) is 2.35. The Morgan fingerprint density at radius 3 is 2.81 bits per heavy atom. The SMILES string of the molecule is CCn1ccc(CNc2ccccc2F)n1. The standard InChI is InChI=1S/C12H14FN3/c1-2-16-8-7-10(15-16)9-14-12-6-4-3-5-11(12)13/h3-8,14H,2,9H2,1H3. The van der Waals surface area contributed by atoms with E-state index in [0.717, 1.165) is 12.2 Å². The number of hydrogen-bond acceptors (Lipinski definition) is 2. The summed E-state index contributed by atoms with van der Waals surface area (Å²) in [6.07, 6.45) is 1.92. The predicted octanol–water partition coefficient (Wildman–Crippen LogP) is 2.65.